The van der Waals surface area contributed by atoms with Crippen molar-refractivity contribution in [2.45, 2.75) is 18.9 Å². The number of nitrogens with two attached hydrogens (primary N) is 1. The molecule has 1 saturated heterocycles. The highest BCUT2D eigenvalue weighted by atomic mass is 16.5. The van der Waals surface area contributed by atoms with Gasteiger partial charge in [-0.2, -0.15) is 0 Å². The first-order valence-corrected chi connectivity index (χ1v) is 6.60. The van der Waals surface area contributed by atoms with E-state index < -0.39 is 0 Å². The lowest BCUT2D eigenvalue weighted by atomic mass is 10.2. The van der Waals surface area contributed by atoms with Gasteiger partial charge in [-0.25, -0.2) is 4.99 Å². The minimum Gasteiger partial charge on any atom is -0.471 e. The van der Waals surface area contributed by atoms with E-state index in [1.165, 1.54) is 25.9 Å². The summed E-state index contributed by atoms with van der Waals surface area (Å²) in [6.07, 6.45) is 2.85. The molecule has 2 N–H and O–H groups in total. The van der Waals surface area contributed by atoms with E-state index in [-0.39, 0.29) is 6.10 Å². The lowest BCUT2D eigenvalue weighted by molar-refractivity contribution is 0.163. The topological polar surface area (TPSA) is 50.8 Å². The van der Waals surface area contributed by atoms with Crippen LogP contribution in [0, 0.1) is 0 Å². The van der Waals surface area contributed by atoms with Crippen molar-refractivity contribution in [2.24, 2.45) is 4.99 Å². The zero-order valence-electron chi connectivity index (χ0n) is 10.5. The van der Waals surface area contributed by atoms with Crippen LogP contribution < -0.4 is 5.73 Å². The molecular weight excluding hydrogens is 226 g/mol. The minimum absolute atomic E-state index is 0.218. The third kappa shape index (κ3) is 2.48. The Hall–Kier alpha value is -1.55. The third-order valence-corrected chi connectivity index (χ3v) is 3.53. The number of hydrogen-bond donors (Lipinski definition) is 1. The zero-order valence-corrected chi connectivity index (χ0v) is 10.5. The number of ether oxygens (including phenoxy) is 1. The van der Waals surface area contributed by atoms with E-state index in [4.69, 9.17) is 10.5 Å². The summed E-state index contributed by atoms with van der Waals surface area (Å²) in [5.74, 6) is 0.763. The van der Waals surface area contributed by atoms with Crippen LogP contribution in [-0.4, -0.2) is 43.1 Å². The van der Waals surface area contributed by atoms with Gasteiger partial charge in [0.2, 0.25) is 5.90 Å². The number of rotatable bonds is 3. The second-order valence-corrected chi connectivity index (χ2v) is 5.02. The molecule has 1 atom stereocenters. The fourth-order valence-electron chi connectivity index (χ4n) is 2.55. The standard InChI is InChI=1S/C14H19N3O/c15-12-5-3-11(4-6-12)14-16-9-13(18-14)10-17-7-1-2-8-17/h3-6,13H,1-2,7-10,15H2/t13-/m1/s1. The van der Waals surface area contributed by atoms with Gasteiger partial charge in [-0.15, -0.1) is 0 Å². The van der Waals surface area contributed by atoms with Gasteiger partial charge in [0.1, 0.15) is 6.10 Å². The second kappa shape index (κ2) is 4.98. The zero-order chi connectivity index (χ0) is 12.4. The van der Waals surface area contributed by atoms with Gasteiger partial charge in [0.05, 0.1) is 6.54 Å². The summed E-state index contributed by atoms with van der Waals surface area (Å²) in [6, 6.07) is 7.70. The number of aliphatic imine (C=N–C) groups is 1. The Labute approximate surface area is 107 Å². The number of benzene rings is 1. The highest BCUT2D eigenvalue weighted by Crippen LogP contribution is 2.16. The molecule has 2 heterocycles. The van der Waals surface area contributed by atoms with Crippen molar-refractivity contribution >= 4 is 11.6 Å². The van der Waals surface area contributed by atoms with Crippen LogP contribution in [-0.2, 0) is 4.74 Å². The maximum atomic E-state index is 5.92. The number of hydrogen-bond acceptors (Lipinski definition) is 4. The molecule has 0 unspecified atom stereocenters. The van der Waals surface area contributed by atoms with E-state index in [2.05, 4.69) is 9.89 Å². The molecule has 1 aromatic rings. The summed E-state index contributed by atoms with van der Waals surface area (Å²) in [4.78, 5) is 6.95. The maximum absolute atomic E-state index is 5.92. The highest BCUT2D eigenvalue weighted by molar-refractivity contribution is 5.95. The van der Waals surface area contributed by atoms with Crippen molar-refractivity contribution in [3.63, 3.8) is 0 Å². The predicted molar refractivity (Wildman–Crippen MR) is 72.8 cm³/mol. The first-order valence-electron chi connectivity index (χ1n) is 6.60. The van der Waals surface area contributed by atoms with E-state index in [9.17, 15) is 0 Å². The summed E-state index contributed by atoms with van der Waals surface area (Å²) in [5.41, 5.74) is 7.46. The van der Waals surface area contributed by atoms with Crippen LogP contribution >= 0.6 is 0 Å². The molecule has 96 valence electrons. The van der Waals surface area contributed by atoms with Crippen molar-refractivity contribution in [3.8, 4) is 0 Å². The van der Waals surface area contributed by atoms with Gasteiger partial charge in [-0.3, -0.25) is 4.90 Å². The molecule has 2 aliphatic heterocycles. The Morgan fingerprint density at radius 2 is 1.94 bits per heavy atom. The van der Waals surface area contributed by atoms with Gasteiger partial charge in [0.15, 0.2) is 0 Å². The molecule has 0 saturated carbocycles. The SMILES string of the molecule is Nc1ccc(C2=NC[C@H](CN3CCCC3)O2)cc1. The lowest BCUT2D eigenvalue weighted by Gasteiger charge is -2.19. The molecule has 1 aromatic carbocycles. The number of likely N-dealkylation sites (tertiary alicyclic amines) is 1. The van der Waals surface area contributed by atoms with Gasteiger partial charge in [0, 0.05) is 17.8 Å². The first kappa shape index (κ1) is 11.5. The molecule has 0 amide bonds. The molecular formula is C14H19N3O. The summed E-state index contributed by atoms with van der Waals surface area (Å²) < 4.78 is 5.92. The normalized spacial score (nSPS) is 24.0. The van der Waals surface area contributed by atoms with Crippen LogP contribution in [0.15, 0.2) is 29.3 Å². The fraction of sp³-hybridized carbons (Fsp3) is 0.500. The minimum atomic E-state index is 0.218. The smallest absolute Gasteiger partial charge is 0.216 e. The second-order valence-electron chi connectivity index (χ2n) is 5.02. The molecule has 2 aliphatic rings. The Balaban J connectivity index is 1.58. The van der Waals surface area contributed by atoms with Gasteiger partial charge < -0.3 is 10.5 Å². The average molecular weight is 245 g/mol. The number of nitrogen functional groups attached to an aromatic ring is 1. The molecule has 0 aromatic heterocycles. The van der Waals surface area contributed by atoms with Crippen LogP contribution in [0.4, 0.5) is 5.69 Å². The highest BCUT2D eigenvalue weighted by Gasteiger charge is 2.24. The predicted octanol–water partition coefficient (Wildman–Crippen LogP) is 1.51. The van der Waals surface area contributed by atoms with E-state index in [1.54, 1.807) is 0 Å². The van der Waals surface area contributed by atoms with Crippen LogP contribution in [0.2, 0.25) is 0 Å². The molecule has 0 aliphatic carbocycles. The summed E-state index contributed by atoms with van der Waals surface area (Å²) in [7, 11) is 0. The van der Waals surface area contributed by atoms with Crippen molar-refractivity contribution in [2.75, 3.05) is 31.9 Å². The number of anilines is 1. The average Bonchev–Trinajstić information content (AvgIpc) is 3.02. The molecule has 18 heavy (non-hydrogen) atoms. The van der Waals surface area contributed by atoms with Crippen LogP contribution in [0.25, 0.3) is 0 Å². The Kier molecular flexibility index (Phi) is 3.19. The van der Waals surface area contributed by atoms with Crippen molar-refractivity contribution < 1.29 is 4.74 Å². The van der Waals surface area contributed by atoms with E-state index in [1.807, 2.05) is 24.3 Å². The maximum Gasteiger partial charge on any atom is 0.216 e. The Bertz CT molecular complexity index is 435. The van der Waals surface area contributed by atoms with Crippen molar-refractivity contribution in [1.29, 1.82) is 0 Å². The number of nitrogens with zero attached hydrogens (tertiary/aromatic N) is 2. The van der Waals surface area contributed by atoms with Crippen molar-refractivity contribution in [3.05, 3.63) is 29.8 Å². The summed E-state index contributed by atoms with van der Waals surface area (Å²) in [6.45, 7) is 4.19. The molecule has 0 radical (unpaired) electrons. The Morgan fingerprint density at radius 1 is 1.22 bits per heavy atom. The Morgan fingerprint density at radius 3 is 2.67 bits per heavy atom. The fourth-order valence-corrected chi connectivity index (χ4v) is 2.55. The van der Waals surface area contributed by atoms with Crippen LogP contribution in [0.5, 0.6) is 0 Å². The van der Waals surface area contributed by atoms with Crippen LogP contribution in [0.3, 0.4) is 0 Å². The lowest BCUT2D eigenvalue weighted by Crippen LogP contribution is -2.32. The van der Waals surface area contributed by atoms with Crippen LogP contribution in [0.1, 0.15) is 18.4 Å². The van der Waals surface area contributed by atoms with Crippen molar-refractivity contribution in [1.82, 2.24) is 4.90 Å². The van der Waals surface area contributed by atoms with Gasteiger partial charge in [-0.05, 0) is 50.2 Å². The van der Waals surface area contributed by atoms with Gasteiger partial charge in [0.25, 0.3) is 0 Å². The third-order valence-electron chi connectivity index (χ3n) is 3.53. The first-order chi connectivity index (χ1) is 8.81. The van der Waals surface area contributed by atoms with E-state index in [0.29, 0.717) is 0 Å². The molecule has 4 nitrogen and oxygen atoms in total. The van der Waals surface area contributed by atoms with Gasteiger partial charge >= 0.3 is 0 Å². The quantitative estimate of drug-likeness (QED) is 0.821. The molecule has 1 fully saturated rings. The monoisotopic (exact) mass is 245 g/mol. The van der Waals surface area contributed by atoms with Gasteiger partial charge in [-0.1, -0.05) is 0 Å². The van der Waals surface area contributed by atoms with E-state index >= 15 is 0 Å². The molecule has 0 bridgehead atoms. The molecule has 0 spiro atoms. The molecule has 4 heteroatoms. The molecule has 3 rings (SSSR count). The summed E-state index contributed by atoms with van der Waals surface area (Å²) >= 11 is 0. The summed E-state index contributed by atoms with van der Waals surface area (Å²) in [5, 5.41) is 0. The largest absolute Gasteiger partial charge is 0.471 e. The van der Waals surface area contributed by atoms with E-state index in [0.717, 1.165) is 30.2 Å².